The number of carbonyl (C=O) groups excluding carboxylic acids is 2. The highest BCUT2D eigenvalue weighted by Crippen LogP contribution is 2.50. The van der Waals surface area contributed by atoms with Gasteiger partial charge in [-0.25, -0.2) is 9.59 Å². The highest BCUT2D eigenvalue weighted by Gasteiger charge is 2.29. The second-order valence-corrected chi connectivity index (χ2v) is 14.3. The van der Waals surface area contributed by atoms with E-state index in [0.29, 0.717) is 33.8 Å². The average molecular weight is 731 g/mol. The molecule has 7 rings (SSSR count). The van der Waals surface area contributed by atoms with Crippen molar-refractivity contribution in [2.24, 2.45) is 0 Å². The van der Waals surface area contributed by atoms with E-state index in [1.54, 1.807) is 36.4 Å². The largest absolute Gasteiger partial charge is 0.489 e. The summed E-state index contributed by atoms with van der Waals surface area (Å²) in [6, 6.07) is 39.2. The van der Waals surface area contributed by atoms with Crippen LogP contribution in [0.25, 0.3) is 33.4 Å². The van der Waals surface area contributed by atoms with E-state index < -0.39 is 11.9 Å². The topological polar surface area (TPSA) is 71.1 Å². The fourth-order valence-corrected chi connectivity index (χ4v) is 6.98. The first kappa shape index (κ1) is 37.2. The molecular formula is C49H46O6. The third-order valence-electron chi connectivity index (χ3n) is 9.77. The minimum absolute atomic E-state index is 0.265. The monoisotopic (exact) mass is 730 g/mol. The van der Waals surface area contributed by atoms with Crippen LogP contribution in [0, 0.1) is 13.8 Å². The second kappa shape index (κ2) is 16.5. The van der Waals surface area contributed by atoms with Crippen LogP contribution in [0.3, 0.4) is 0 Å². The number of benzene rings is 6. The van der Waals surface area contributed by atoms with Crippen molar-refractivity contribution in [2.45, 2.75) is 66.4 Å². The zero-order valence-electron chi connectivity index (χ0n) is 32.1. The van der Waals surface area contributed by atoms with Gasteiger partial charge in [0.15, 0.2) is 0 Å². The summed E-state index contributed by atoms with van der Waals surface area (Å²) >= 11 is 0. The summed E-state index contributed by atoms with van der Waals surface area (Å²) in [5.74, 6) is 0.478. The Labute approximate surface area is 323 Å². The number of aryl methyl sites for hydroxylation is 4. The van der Waals surface area contributed by atoms with Crippen molar-refractivity contribution < 1.29 is 28.5 Å². The Morgan fingerprint density at radius 2 is 0.945 bits per heavy atom. The summed E-state index contributed by atoms with van der Waals surface area (Å²) in [7, 11) is 0. The van der Waals surface area contributed by atoms with Crippen LogP contribution in [0.5, 0.6) is 23.0 Å². The van der Waals surface area contributed by atoms with Crippen LogP contribution in [0.2, 0.25) is 0 Å². The van der Waals surface area contributed by atoms with Gasteiger partial charge in [0, 0.05) is 0 Å². The van der Waals surface area contributed by atoms with Gasteiger partial charge in [-0.1, -0.05) is 99.5 Å². The van der Waals surface area contributed by atoms with E-state index in [-0.39, 0.29) is 24.2 Å². The minimum Gasteiger partial charge on any atom is -0.489 e. The molecule has 0 aliphatic carbocycles. The predicted molar refractivity (Wildman–Crippen MR) is 219 cm³/mol. The molecule has 278 valence electrons. The van der Waals surface area contributed by atoms with Crippen LogP contribution in [0.1, 0.15) is 76.6 Å². The van der Waals surface area contributed by atoms with Crippen molar-refractivity contribution in [1.29, 1.82) is 0 Å². The quantitative estimate of drug-likeness (QED) is 0.103. The maximum absolute atomic E-state index is 13.8. The molecule has 6 heteroatoms. The average Bonchev–Trinajstić information content (AvgIpc) is 3.18. The molecular weight excluding hydrogens is 685 g/mol. The van der Waals surface area contributed by atoms with Gasteiger partial charge < -0.3 is 18.9 Å². The summed E-state index contributed by atoms with van der Waals surface area (Å²) in [5, 5.41) is 0. The minimum atomic E-state index is -0.527. The SMILES string of the molecule is CCCc1ccc(-c2ccc(C(=O)Oc3cc(C)cc4c3-c3c(OC(=O)c5ccc(-c6ccc(CCC)cc6)cc5)cc(C)cc3O[C@@H](C)CO4)cc2)cc1. The number of fused-ring (bicyclic) bond motifs is 3. The van der Waals surface area contributed by atoms with Crippen LogP contribution in [0.4, 0.5) is 0 Å². The molecule has 6 aromatic rings. The van der Waals surface area contributed by atoms with Crippen molar-refractivity contribution in [3.63, 3.8) is 0 Å². The van der Waals surface area contributed by atoms with Gasteiger partial charge in [0.1, 0.15) is 35.7 Å². The summed E-state index contributed by atoms with van der Waals surface area (Å²) in [5.41, 5.74) is 10.2. The normalized spacial score (nSPS) is 13.3. The lowest BCUT2D eigenvalue weighted by molar-refractivity contribution is 0.0720. The van der Waals surface area contributed by atoms with Crippen LogP contribution in [-0.4, -0.2) is 24.6 Å². The third kappa shape index (κ3) is 8.49. The molecule has 1 aliphatic heterocycles. The molecule has 0 aromatic heterocycles. The molecule has 1 heterocycles. The maximum Gasteiger partial charge on any atom is 0.343 e. The Balaban J connectivity index is 1.20. The summed E-state index contributed by atoms with van der Waals surface area (Å²) < 4.78 is 25.0. The van der Waals surface area contributed by atoms with Gasteiger partial charge in [0.05, 0.1) is 22.3 Å². The third-order valence-corrected chi connectivity index (χ3v) is 9.77. The molecule has 1 aliphatic rings. The summed E-state index contributed by atoms with van der Waals surface area (Å²) in [6.45, 7) is 10.4. The van der Waals surface area contributed by atoms with Crippen LogP contribution >= 0.6 is 0 Å². The smallest absolute Gasteiger partial charge is 0.343 e. The lowest BCUT2D eigenvalue weighted by Gasteiger charge is -2.27. The van der Waals surface area contributed by atoms with E-state index in [2.05, 4.69) is 62.4 Å². The van der Waals surface area contributed by atoms with Gasteiger partial charge >= 0.3 is 11.9 Å². The Bertz CT molecular complexity index is 2300. The van der Waals surface area contributed by atoms with Crippen molar-refractivity contribution in [3.8, 4) is 56.4 Å². The van der Waals surface area contributed by atoms with Gasteiger partial charge in [-0.15, -0.1) is 0 Å². The number of ether oxygens (including phenoxy) is 4. The van der Waals surface area contributed by atoms with Crippen molar-refractivity contribution in [3.05, 3.63) is 155 Å². The van der Waals surface area contributed by atoms with E-state index in [0.717, 1.165) is 59.1 Å². The molecule has 0 fully saturated rings. The summed E-state index contributed by atoms with van der Waals surface area (Å²) in [6.07, 6.45) is 3.97. The second-order valence-electron chi connectivity index (χ2n) is 14.3. The number of hydrogen-bond acceptors (Lipinski definition) is 6. The van der Waals surface area contributed by atoms with Gasteiger partial charge in [-0.05, 0) is 127 Å². The molecule has 6 aromatic carbocycles. The molecule has 1 atom stereocenters. The van der Waals surface area contributed by atoms with Gasteiger partial charge in [-0.3, -0.25) is 0 Å². The first-order valence-electron chi connectivity index (χ1n) is 19.1. The van der Waals surface area contributed by atoms with E-state index in [1.807, 2.05) is 57.2 Å². The van der Waals surface area contributed by atoms with E-state index in [4.69, 9.17) is 18.9 Å². The zero-order valence-corrected chi connectivity index (χ0v) is 32.1. The number of esters is 2. The number of rotatable bonds is 10. The molecule has 0 saturated heterocycles. The molecule has 0 amide bonds. The maximum atomic E-state index is 13.8. The van der Waals surface area contributed by atoms with Gasteiger partial charge in [0.2, 0.25) is 0 Å². The first-order valence-corrected chi connectivity index (χ1v) is 19.1. The van der Waals surface area contributed by atoms with E-state index in [1.165, 1.54) is 11.1 Å². The predicted octanol–water partition coefficient (Wildman–Crippen LogP) is 11.8. The van der Waals surface area contributed by atoms with Crippen LogP contribution in [-0.2, 0) is 12.8 Å². The Morgan fingerprint density at radius 1 is 0.564 bits per heavy atom. The molecule has 0 bridgehead atoms. The number of carbonyl (C=O) groups is 2. The first-order chi connectivity index (χ1) is 26.7. The highest BCUT2D eigenvalue weighted by molar-refractivity contribution is 5.97. The number of hydrogen-bond donors (Lipinski definition) is 0. The van der Waals surface area contributed by atoms with Gasteiger partial charge in [0.25, 0.3) is 0 Å². The zero-order chi connectivity index (χ0) is 38.5. The van der Waals surface area contributed by atoms with Crippen molar-refractivity contribution in [2.75, 3.05) is 6.61 Å². The molecule has 0 unspecified atom stereocenters. The van der Waals surface area contributed by atoms with Gasteiger partial charge in [-0.2, -0.15) is 0 Å². The lowest BCUT2D eigenvalue weighted by Crippen LogP contribution is -2.24. The molecule has 0 spiro atoms. The highest BCUT2D eigenvalue weighted by atomic mass is 16.6. The van der Waals surface area contributed by atoms with Crippen LogP contribution < -0.4 is 18.9 Å². The Kier molecular flexibility index (Phi) is 11.1. The molecule has 6 nitrogen and oxygen atoms in total. The molecule has 0 saturated carbocycles. The Hall–Kier alpha value is -6.14. The van der Waals surface area contributed by atoms with Crippen LogP contribution in [0.15, 0.2) is 121 Å². The van der Waals surface area contributed by atoms with Crippen molar-refractivity contribution in [1.82, 2.24) is 0 Å². The fourth-order valence-electron chi connectivity index (χ4n) is 6.98. The fraction of sp³-hybridized carbons (Fsp3) is 0.224. The van der Waals surface area contributed by atoms with E-state index in [9.17, 15) is 9.59 Å². The van der Waals surface area contributed by atoms with E-state index >= 15 is 0 Å². The summed E-state index contributed by atoms with van der Waals surface area (Å²) in [4.78, 5) is 27.6. The lowest BCUT2D eigenvalue weighted by atomic mass is 9.97. The molecule has 0 N–H and O–H groups in total. The Morgan fingerprint density at radius 3 is 1.36 bits per heavy atom. The molecule has 55 heavy (non-hydrogen) atoms. The van der Waals surface area contributed by atoms with Crippen molar-refractivity contribution >= 4 is 11.9 Å². The molecule has 0 radical (unpaired) electrons. The standard InChI is InChI=1S/C49H46O6/c1-6-8-34-10-14-36(15-11-34)38-18-22-40(23-19-38)48(50)54-44-28-31(3)26-42-46(44)47-43(53-33(5)30-52-42)27-32(4)29-45(47)55-49(51)41-24-20-39(21-25-41)37-16-12-35(9-7-2)13-17-37/h10-29,33H,6-9,30H2,1-5H3/t33-/m0/s1.